The van der Waals surface area contributed by atoms with Gasteiger partial charge in [0.25, 0.3) is 0 Å². The van der Waals surface area contributed by atoms with Crippen LogP contribution in [0.25, 0.3) is 0 Å². The maximum Gasteiger partial charge on any atom is 0.188 e. The lowest BCUT2D eigenvalue weighted by Crippen LogP contribution is -2.16. The number of para-hydroxylation sites is 2. The van der Waals surface area contributed by atoms with Crippen molar-refractivity contribution in [2.75, 3.05) is 19.1 Å². The summed E-state index contributed by atoms with van der Waals surface area (Å²) in [4.78, 5) is 6.10. The number of pyridine rings is 1. The van der Waals surface area contributed by atoms with Crippen molar-refractivity contribution in [2.45, 2.75) is 0 Å². The van der Waals surface area contributed by atoms with E-state index < -0.39 is 0 Å². The number of hydrogen-bond donors (Lipinski definition) is 2. The Morgan fingerprint density at radius 2 is 2.05 bits per heavy atom. The lowest BCUT2D eigenvalue weighted by atomic mass is 10.2. The van der Waals surface area contributed by atoms with E-state index in [1.165, 1.54) is 0 Å². The molecule has 0 amide bonds. The zero-order chi connectivity index (χ0) is 14.5. The molecule has 0 aliphatic rings. The number of oxime groups is 1. The van der Waals surface area contributed by atoms with E-state index in [-0.39, 0.29) is 5.84 Å². The van der Waals surface area contributed by atoms with Gasteiger partial charge in [-0.3, -0.25) is 4.98 Å². The molecule has 0 spiro atoms. The summed E-state index contributed by atoms with van der Waals surface area (Å²) >= 11 is 0. The summed E-state index contributed by atoms with van der Waals surface area (Å²) in [7, 11) is 3.55. The molecule has 0 bridgehead atoms. The Hall–Kier alpha value is -2.76. The summed E-state index contributed by atoms with van der Waals surface area (Å²) in [6.45, 7) is 0. The molecule has 0 aliphatic carbocycles. The Morgan fingerprint density at radius 1 is 1.30 bits per heavy atom. The highest BCUT2D eigenvalue weighted by Crippen LogP contribution is 2.31. The fraction of sp³-hybridized carbons (Fsp3) is 0.143. The van der Waals surface area contributed by atoms with Crippen molar-refractivity contribution < 1.29 is 9.94 Å². The number of ether oxygens (including phenoxy) is 1. The number of anilines is 2. The average Bonchev–Trinajstić information content (AvgIpc) is 2.53. The van der Waals surface area contributed by atoms with Gasteiger partial charge in [-0.2, -0.15) is 0 Å². The summed E-state index contributed by atoms with van der Waals surface area (Å²) in [5.41, 5.74) is 7.69. The molecule has 104 valence electrons. The predicted molar refractivity (Wildman–Crippen MR) is 77.8 cm³/mol. The monoisotopic (exact) mass is 272 g/mol. The standard InChI is InChI=1S/C14H16N4O2/c1-18(12-5-3-4-6-13(12)20-2)10-7-8-11(16-9-10)14(15)17-19/h3-9,19H,1-2H3,(H2,15,17). The van der Waals surface area contributed by atoms with E-state index in [0.717, 1.165) is 17.1 Å². The van der Waals surface area contributed by atoms with Crippen molar-refractivity contribution in [3.8, 4) is 5.75 Å². The van der Waals surface area contributed by atoms with Crippen LogP contribution in [0, 0.1) is 0 Å². The summed E-state index contributed by atoms with van der Waals surface area (Å²) < 4.78 is 5.33. The molecule has 2 aromatic rings. The number of nitrogens with zero attached hydrogens (tertiary/aromatic N) is 3. The van der Waals surface area contributed by atoms with Crippen molar-refractivity contribution in [3.05, 3.63) is 48.3 Å². The molecule has 0 atom stereocenters. The van der Waals surface area contributed by atoms with Gasteiger partial charge in [-0.25, -0.2) is 0 Å². The minimum Gasteiger partial charge on any atom is -0.495 e. The molecule has 1 aromatic carbocycles. The van der Waals surface area contributed by atoms with E-state index in [4.69, 9.17) is 15.7 Å². The van der Waals surface area contributed by atoms with E-state index in [2.05, 4.69) is 10.1 Å². The van der Waals surface area contributed by atoms with Crippen LogP contribution < -0.4 is 15.4 Å². The predicted octanol–water partition coefficient (Wildman–Crippen LogP) is 1.95. The molecule has 1 aromatic heterocycles. The molecule has 0 fully saturated rings. The first-order chi connectivity index (χ1) is 9.67. The van der Waals surface area contributed by atoms with Crippen LogP contribution in [0.2, 0.25) is 0 Å². The molecular formula is C14H16N4O2. The number of amidine groups is 1. The third-order valence-electron chi connectivity index (χ3n) is 2.95. The lowest BCUT2D eigenvalue weighted by molar-refractivity contribution is 0.318. The highest BCUT2D eigenvalue weighted by atomic mass is 16.5. The highest BCUT2D eigenvalue weighted by Gasteiger charge is 2.10. The second-order valence-electron chi connectivity index (χ2n) is 4.12. The van der Waals surface area contributed by atoms with Crippen molar-refractivity contribution in [2.24, 2.45) is 10.9 Å². The van der Waals surface area contributed by atoms with Gasteiger partial charge in [-0.1, -0.05) is 17.3 Å². The number of nitrogens with two attached hydrogens (primary N) is 1. The van der Waals surface area contributed by atoms with Gasteiger partial charge in [0.1, 0.15) is 11.4 Å². The Morgan fingerprint density at radius 3 is 2.65 bits per heavy atom. The SMILES string of the molecule is COc1ccccc1N(C)c1ccc(/C(N)=N/O)nc1. The smallest absolute Gasteiger partial charge is 0.188 e. The van der Waals surface area contributed by atoms with Crippen LogP contribution in [0.1, 0.15) is 5.69 Å². The first-order valence-corrected chi connectivity index (χ1v) is 5.98. The molecule has 20 heavy (non-hydrogen) atoms. The van der Waals surface area contributed by atoms with E-state index in [1.807, 2.05) is 42.3 Å². The molecule has 1 heterocycles. The zero-order valence-corrected chi connectivity index (χ0v) is 11.3. The molecule has 6 nitrogen and oxygen atoms in total. The molecule has 0 radical (unpaired) electrons. The Labute approximate surface area is 117 Å². The normalized spacial score (nSPS) is 11.2. The van der Waals surface area contributed by atoms with E-state index in [9.17, 15) is 0 Å². The third-order valence-corrected chi connectivity index (χ3v) is 2.95. The van der Waals surface area contributed by atoms with Gasteiger partial charge < -0.3 is 20.6 Å². The van der Waals surface area contributed by atoms with Crippen LogP contribution in [0.3, 0.4) is 0 Å². The van der Waals surface area contributed by atoms with Crippen LogP contribution in [0.5, 0.6) is 5.75 Å². The Balaban J connectivity index is 2.31. The number of aromatic nitrogens is 1. The van der Waals surface area contributed by atoms with Crippen molar-refractivity contribution in [1.82, 2.24) is 4.98 Å². The van der Waals surface area contributed by atoms with E-state index >= 15 is 0 Å². The summed E-state index contributed by atoms with van der Waals surface area (Å²) in [6, 6.07) is 11.2. The average molecular weight is 272 g/mol. The second-order valence-corrected chi connectivity index (χ2v) is 4.12. The fourth-order valence-corrected chi connectivity index (χ4v) is 1.83. The molecule has 0 aliphatic heterocycles. The Kier molecular flexibility index (Phi) is 4.05. The molecular weight excluding hydrogens is 256 g/mol. The van der Waals surface area contributed by atoms with Gasteiger partial charge >= 0.3 is 0 Å². The minimum absolute atomic E-state index is 0.0171. The van der Waals surface area contributed by atoms with Crippen LogP contribution in [-0.2, 0) is 0 Å². The summed E-state index contributed by atoms with van der Waals surface area (Å²) in [6.07, 6.45) is 1.65. The van der Waals surface area contributed by atoms with Crippen LogP contribution in [0.4, 0.5) is 11.4 Å². The molecule has 2 rings (SSSR count). The molecule has 6 heteroatoms. The lowest BCUT2D eigenvalue weighted by Gasteiger charge is -2.21. The van der Waals surface area contributed by atoms with Gasteiger partial charge in [-0.15, -0.1) is 0 Å². The maximum atomic E-state index is 8.61. The van der Waals surface area contributed by atoms with Crippen LogP contribution in [-0.4, -0.2) is 30.2 Å². The van der Waals surface area contributed by atoms with Gasteiger partial charge in [0.2, 0.25) is 0 Å². The summed E-state index contributed by atoms with van der Waals surface area (Å²) in [5, 5.41) is 11.5. The van der Waals surface area contributed by atoms with Crippen molar-refractivity contribution in [3.63, 3.8) is 0 Å². The maximum absolute atomic E-state index is 8.61. The Bertz CT molecular complexity index is 611. The van der Waals surface area contributed by atoms with Gasteiger partial charge in [0.15, 0.2) is 5.84 Å². The second kappa shape index (κ2) is 5.92. The zero-order valence-electron chi connectivity index (χ0n) is 11.3. The van der Waals surface area contributed by atoms with Gasteiger partial charge in [0.05, 0.1) is 24.7 Å². The number of hydrogen-bond acceptors (Lipinski definition) is 5. The third kappa shape index (κ3) is 2.64. The summed E-state index contributed by atoms with van der Waals surface area (Å²) in [5.74, 6) is 0.756. The van der Waals surface area contributed by atoms with Crippen LogP contribution >= 0.6 is 0 Å². The van der Waals surface area contributed by atoms with Crippen molar-refractivity contribution in [1.29, 1.82) is 0 Å². The molecule has 0 unspecified atom stereocenters. The molecule has 0 saturated carbocycles. The van der Waals surface area contributed by atoms with Gasteiger partial charge in [-0.05, 0) is 24.3 Å². The fourth-order valence-electron chi connectivity index (χ4n) is 1.83. The number of methoxy groups -OCH3 is 1. The largest absolute Gasteiger partial charge is 0.495 e. The molecule has 0 saturated heterocycles. The topological polar surface area (TPSA) is 84.0 Å². The van der Waals surface area contributed by atoms with Gasteiger partial charge in [0, 0.05) is 7.05 Å². The van der Waals surface area contributed by atoms with Crippen LogP contribution in [0.15, 0.2) is 47.8 Å². The highest BCUT2D eigenvalue weighted by molar-refractivity contribution is 5.95. The molecule has 3 N–H and O–H groups in total. The minimum atomic E-state index is -0.0171. The number of benzene rings is 1. The first kappa shape index (κ1) is 13.7. The van der Waals surface area contributed by atoms with E-state index in [0.29, 0.717) is 5.69 Å². The number of rotatable bonds is 4. The van der Waals surface area contributed by atoms with Crippen molar-refractivity contribution >= 4 is 17.2 Å². The quantitative estimate of drug-likeness (QED) is 0.384. The first-order valence-electron chi connectivity index (χ1n) is 5.98. The van der Waals surface area contributed by atoms with E-state index in [1.54, 1.807) is 19.4 Å².